The van der Waals surface area contributed by atoms with Crippen LogP contribution in [-0.4, -0.2) is 55.6 Å². The standard InChI is InChI=1S/C9H12N4O6S2/c10-21(18,19)7-5-6(13(16)17)8(20-7)11-1-3-12(4-2-11)9(14)15/h5H,1-4H2,(H,14,15)(H2,10,18,19). The SMILES string of the molecule is NS(=O)(=O)c1cc([N+](=O)[O-])c(N2CCN(C(=O)O)CC2)s1. The highest BCUT2D eigenvalue weighted by Gasteiger charge is 2.30. The van der Waals surface area contributed by atoms with Crippen LogP contribution in [0.1, 0.15) is 0 Å². The van der Waals surface area contributed by atoms with Crippen LogP contribution in [0.5, 0.6) is 0 Å². The molecule has 1 fully saturated rings. The third-order valence-corrected chi connectivity index (χ3v) is 5.59. The van der Waals surface area contributed by atoms with Crippen molar-refractivity contribution in [3.05, 3.63) is 16.2 Å². The van der Waals surface area contributed by atoms with Crippen LogP contribution in [0.4, 0.5) is 15.5 Å². The van der Waals surface area contributed by atoms with Crippen molar-refractivity contribution in [3.63, 3.8) is 0 Å². The van der Waals surface area contributed by atoms with Gasteiger partial charge in [0.25, 0.3) is 0 Å². The van der Waals surface area contributed by atoms with Crippen LogP contribution in [-0.2, 0) is 10.0 Å². The molecule has 10 nitrogen and oxygen atoms in total. The maximum Gasteiger partial charge on any atom is 0.407 e. The highest BCUT2D eigenvalue weighted by molar-refractivity contribution is 7.91. The fourth-order valence-corrected chi connectivity index (χ4v) is 3.84. The molecular formula is C9H12N4O6S2. The lowest BCUT2D eigenvalue weighted by Gasteiger charge is -2.33. The molecule has 2 rings (SSSR count). The van der Waals surface area contributed by atoms with E-state index in [1.807, 2.05) is 0 Å². The largest absolute Gasteiger partial charge is 0.465 e. The quantitative estimate of drug-likeness (QED) is 0.587. The van der Waals surface area contributed by atoms with E-state index in [2.05, 4.69) is 0 Å². The molecule has 116 valence electrons. The van der Waals surface area contributed by atoms with E-state index in [1.54, 1.807) is 4.90 Å². The van der Waals surface area contributed by atoms with Gasteiger partial charge in [0.15, 0.2) is 5.00 Å². The smallest absolute Gasteiger partial charge is 0.407 e. The number of sulfonamides is 1. The average molecular weight is 336 g/mol. The van der Waals surface area contributed by atoms with Gasteiger partial charge in [0.2, 0.25) is 10.0 Å². The Morgan fingerprint density at radius 3 is 2.38 bits per heavy atom. The number of carbonyl (C=O) groups is 1. The maximum atomic E-state index is 11.3. The van der Waals surface area contributed by atoms with E-state index in [-0.39, 0.29) is 41.1 Å². The first kappa shape index (κ1) is 15.5. The topological polar surface area (TPSA) is 147 Å². The number of carboxylic acid groups (broad SMARTS) is 1. The van der Waals surface area contributed by atoms with Gasteiger partial charge in [-0.25, -0.2) is 18.4 Å². The van der Waals surface area contributed by atoms with E-state index in [0.717, 1.165) is 6.07 Å². The van der Waals surface area contributed by atoms with Crippen LogP contribution in [0, 0.1) is 10.1 Å². The summed E-state index contributed by atoms with van der Waals surface area (Å²) in [6.07, 6.45) is -1.06. The van der Waals surface area contributed by atoms with Gasteiger partial charge in [0.05, 0.1) is 4.92 Å². The number of amides is 1. The Labute approximate surface area is 123 Å². The molecule has 12 heteroatoms. The number of nitro groups is 1. The van der Waals surface area contributed by atoms with Crippen LogP contribution in [0.3, 0.4) is 0 Å². The van der Waals surface area contributed by atoms with Gasteiger partial charge in [-0.15, -0.1) is 0 Å². The Balaban J connectivity index is 2.30. The molecule has 0 radical (unpaired) electrons. The molecular weight excluding hydrogens is 324 g/mol. The lowest BCUT2D eigenvalue weighted by atomic mass is 10.3. The van der Waals surface area contributed by atoms with Gasteiger partial charge in [-0.05, 0) is 0 Å². The number of nitrogens with two attached hydrogens (primary N) is 1. The number of rotatable bonds is 3. The molecule has 1 aromatic heterocycles. The van der Waals surface area contributed by atoms with Crippen LogP contribution in [0.15, 0.2) is 10.3 Å². The monoisotopic (exact) mass is 336 g/mol. The Hall–Kier alpha value is -1.92. The van der Waals surface area contributed by atoms with Crippen molar-refractivity contribution < 1.29 is 23.2 Å². The summed E-state index contributed by atoms with van der Waals surface area (Å²) in [6, 6.07) is 0.929. The molecule has 0 aliphatic carbocycles. The van der Waals surface area contributed by atoms with Crippen LogP contribution in [0.2, 0.25) is 0 Å². The molecule has 1 aliphatic heterocycles. The van der Waals surface area contributed by atoms with Gasteiger partial charge in [0.1, 0.15) is 4.21 Å². The number of anilines is 1. The minimum Gasteiger partial charge on any atom is -0.465 e. The van der Waals surface area contributed by atoms with Gasteiger partial charge in [-0.1, -0.05) is 11.3 Å². The number of hydrogen-bond acceptors (Lipinski definition) is 7. The van der Waals surface area contributed by atoms with E-state index < -0.39 is 21.0 Å². The molecule has 0 bridgehead atoms. The Morgan fingerprint density at radius 1 is 1.38 bits per heavy atom. The van der Waals surface area contributed by atoms with Crippen molar-refractivity contribution in [2.24, 2.45) is 5.14 Å². The van der Waals surface area contributed by atoms with Gasteiger partial charge in [-0.2, -0.15) is 0 Å². The minimum absolute atomic E-state index is 0.175. The molecule has 2 heterocycles. The zero-order valence-corrected chi connectivity index (χ0v) is 12.3. The van der Waals surface area contributed by atoms with Crippen molar-refractivity contribution in [1.82, 2.24) is 4.90 Å². The van der Waals surface area contributed by atoms with E-state index in [9.17, 15) is 23.3 Å². The molecule has 1 amide bonds. The summed E-state index contributed by atoms with van der Waals surface area (Å²) in [5.74, 6) is 0. The molecule has 1 saturated heterocycles. The van der Waals surface area contributed by atoms with Gasteiger partial charge in [-0.3, -0.25) is 10.1 Å². The summed E-state index contributed by atoms with van der Waals surface area (Å²) in [5, 5.41) is 25.0. The fraction of sp³-hybridized carbons (Fsp3) is 0.444. The van der Waals surface area contributed by atoms with Crippen molar-refractivity contribution >= 4 is 38.1 Å². The lowest BCUT2D eigenvalue weighted by Crippen LogP contribution is -2.48. The maximum absolute atomic E-state index is 11.3. The normalized spacial score (nSPS) is 16.0. The zero-order chi connectivity index (χ0) is 15.8. The first-order valence-corrected chi connectivity index (χ1v) is 8.10. The molecule has 0 aromatic carbocycles. The molecule has 0 unspecified atom stereocenters. The highest BCUT2D eigenvalue weighted by atomic mass is 32.2. The fourth-order valence-electron chi connectivity index (χ4n) is 1.95. The van der Waals surface area contributed by atoms with Crippen molar-refractivity contribution in [2.75, 3.05) is 31.1 Å². The molecule has 1 aliphatic rings. The molecule has 21 heavy (non-hydrogen) atoms. The van der Waals surface area contributed by atoms with E-state index in [4.69, 9.17) is 10.2 Å². The Morgan fingerprint density at radius 2 is 1.95 bits per heavy atom. The van der Waals surface area contributed by atoms with Crippen molar-refractivity contribution in [1.29, 1.82) is 0 Å². The predicted molar refractivity (Wildman–Crippen MR) is 74.2 cm³/mol. The predicted octanol–water partition coefficient (Wildman–Crippen LogP) is 0.104. The van der Waals surface area contributed by atoms with Crippen LogP contribution >= 0.6 is 11.3 Å². The van der Waals surface area contributed by atoms with Gasteiger partial charge < -0.3 is 14.9 Å². The molecule has 0 atom stereocenters. The molecule has 0 spiro atoms. The average Bonchev–Trinajstić information content (AvgIpc) is 2.83. The summed E-state index contributed by atoms with van der Waals surface area (Å²) in [7, 11) is -4.02. The lowest BCUT2D eigenvalue weighted by molar-refractivity contribution is -0.383. The van der Waals surface area contributed by atoms with Crippen LogP contribution < -0.4 is 10.0 Å². The summed E-state index contributed by atoms with van der Waals surface area (Å²) >= 11 is 0.716. The number of primary sulfonamides is 1. The number of hydrogen-bond donors (Lipinski definition) is 2. The zero-order valence-electron chi connectivity index (χ0n) is 10.6. The summed E-state index contributed by atoms with van der Waals surface area (Å²) in [6.45, 7) is 0.875. The van der Waals surface area contributed by atoms with E-state index in [0.29, 0.717) is 11.3 Å². The summed E-state index contributed by atoms with van der Waals surface area (Å²) < 4.78 is 22.3. The molecule has 0 saturated carbocycles. The van der Waals surface area contributed by atoms with Crippen molar-refractivity contribution in [3.8, 4) is 0 Å². The third-order valence-electron chi connectivity index (χ3n) is 2.99. The van der Waals surface area contributed by atoms with Crippen LogP contribution in [0.25, 0.3) is 0 Å². The summed E-state index contributed by atoms with van der Waals surface area (Å²) in [4.78, 5) is 23.9. The molecule has 3 N–H and O–H groups in total. The van der Waals surface area contributed by atoms with Gasteiger partial charge >= 0.3 is 11.8 Å². The number of piperazine rings is 1. The highest BCUT2D eigenvalue weighted by Crippen LogP contribution is 2.39. The second-order valence-corrected chi connectivity index (χ2v) is 7.13. The minimum atomic E-state index is -4.02. The van der Waals surface area contributed by atoms with Crippen molar-refractivity contribution in [2.45, 2.75) is 4.21 Å². The summed E-state index contributed by atoms with van der Waals surface area (Å²) in [5.41, 5.74) is -0.340. The first-order chi connectivity index (χ1) is 9.70. The molecule has 1 aromatic rings. The van der Waals surface area contributed by atoms with Gasteiger partial charge in [0, 0.05) is 32.2 Å². The van der Waals surface area contributed by atoms with E-state index in [1.165, 1.54) is 4.90 Å². The number of nitrogens with zero attached hydrogens (tertiary/aromatic N) is 3. The van der Waals surface area contributed by atoms with E-state index >= 15 is 0 Å². The Kier molecular flexibility index (Phi) is 4.02. The third kappa shape index (κ3) is 3.22. The first-order valence-electron chi connectivity index (χ1n) is 5.74. The second-order valence-electron chi connectivity index (χ2n) is 4.31. The Bertz CT molecular complexity index is 676. The second kappa shape index (κ2) is 5.46. The number of thiophene rings is 1.